The van der Waals surface area contributed by atoms with Gasteiger partial charge >= 0.3 is 0 Å². The summed E-state index contributed by atoms with van der Waals surface area (Å²) in [5, 5.41) is 7.77. The quantitative estimate of drug-likeness (QED) is 0.399. The molecular formula is C29H38N4O4. The van der Waals surface area contributed by atoms with Crippen molar-refractivity contribution in [2.75, 3.05) is 32.6 Å². The monoisotopic (exact) mass is 506 g/mol. The van der Waals surface area contributed by atoms with Crippen molar-refractivity contribution in [1.82, 2.24) is 14.7 Å². The van der Waals surface area contributed by atoms with E-state index in [0.717, 1.165) is 29.8 Å². The van der Waals surface area contributed by atoms with Crippen LogP contribution in [0.2, 0.25) is 0 Å². The van der Waals surface area contributed by atoms with E-state index in [0.29, 0.717) is 29.4 Å². The molecule has 2 aromatic carbocycles. The van der Waals surface area contributed by atoms with Crippen LogP contribution in [0.25, 0.3) is 5.69 Å². The molecule has 0 aliphatic heterocycles. The van der Waals surface area contributed by atoms with Crippen LogP contribution in [-0.4, -0.2) is 53.8 Å². The van der Waals surface area contributed by atoms with Crippen LogP contribution in [0.1, 0.15) is 62.2 Å². The van der Waals surface area contributed by atoms with Gasteiger partial charge in [-0.2, -0.15) is 5.10 Å². The Bertz CT molecular complexity index is 1200. The Morgan fingerprint density at radius 2 is 1.62 bits per heavy atom. The van der Waals surface area contributed by atoms with Gasteiger partial charge in [0.1, 0.15) is 23.9 Å². The fourth-order valence-electron chi connectivity index (χ4n) is 3.79. The van der Waals surface area contributed by atoms with Gasteiger partial charge in [-0.05, 0) is 37.6 Å². The minimum absolute atomic E-state index is 0.0950. The Kier molecular flexibility index (Phi) is 8.97. The van der Waals surface area contributed by atoms with Gasteiger partial charge in [0.25, 0.3) is 5.91 Å². The normalized spacial score (nSPS) is 11.2. The number of rotatable bonds is 10. The summed E-state index contributed by atoms with van der Waals surface area (Å²) in [6, 6.07) is 14.9. The van der Waals surface area contributed by atoms with Crippen molar-refractivity contribution in [2.45, 2.75) is 52.9 Å². The van der Waals surface area contributed by atoms with Gasteiger partial charge in [-0.15, -0.1) is 0 Å². The standard InChI is InChI=1S/C29H38N4O4/c1-8-9-14-32(28(35)21-15-23(36-6)17-24(16-21)37-7)19-27(34)30-26-18-25(29(3,4)5)31-33(26)22-12-10-20(2)11-13-22/h10-13,15-18H,8-9,14,19H2,1-7H3,(H,30,34). The Morgan fingerprint density at radius 3 is 2.16 bits per heavy atom. The van der Waals surface area contributed by atoms with E-state index in [1.165, 1.54) is 14.2 Å². The SMILES string of the molecule is CCCCN(CC(=O)Nc1cc(C(C)(C)C)nn1-c1ccc(C)cc1)C(=O)c1cc(OC)cc(OC)c1. The molecule has 37 heavy (non-hydrogen) atoms. The molecule has 0 unspecified atom stereocenters. The van der Waals surface area contributed by atoms with E-state index in [2.05, 4.69) is 26.1 Å². The van der Waals surface area contributed by atoms with Crippen molar-refractivity contribution >= 4 is 17.6 Å². The lowest BCUT2D eigenvalue weighted by molar-refractivity contribution is -0.117. The predicted octanol–water partition coefficient (Wildman–Crippen LogP) is 5.38. The third kappa shape index (κ3) is 7.12. The number of nitrogens with zero attached hydrogens (tertiary/aromatic N) is 3. The third-order valence-corrected chi connectivity index (χ3v) is 6.03. The summed E-state index contributed by atoms with van der Waals surface area (Å²) in [5.41, 5.74) is 3.03. The molecule has 3 aromatic rings. The summed E-state index contributed by atoms with van der Waals surface area (Å²) in [5.74, 6) is 1.03. The van der Waals surface area contributed by atoms with Gasteiger partial charge in [-0.1, -0.05) is 51.8 Å². The smallest absolute Gasteiger partial charge is 0.254 e. The van der Waals surface area contributed by atoms with E-state index >= 15 is 0 Å². The molecule has 3 rings (SSSR count). The van der Waals surface area contributed by atoms with Crippen molar-refractivity contribution in [3.8, 4) is 17.2 Å². The minimum atomic E-state index is -0.298. The lowest BCUT2D eigenvalue weighted by atomic mass is 9.92. The summed E-state index contributed by atoms with van der Waals surface area (Å²) in [6.07, 6.45) is 1.66. The van der Waals surface area contributed by atoms with Gasteiger partial charge < -0.3 is 19.7 Å². The molecular weight excluding hydrogens is 468 g/mol. The molecule has 1 aromatic heterocycles. The maximum Gasteiger partial charge on any atom is 0.254 e. The Morgan fingerprint density at radius 1 is 1.00 bits per heavy atom. The number of aromatic nitrogens is 2. The highest BCUT2D eigenvalue weighted by molar-refractivity contribution is 5.99. The first kappa shape index (κ1) is 27.8. The van der Waals surface area contributed by atoms with Gasteiger partial charge in [-0.25, -0.2) is 4.68 Å². The topological polar surface area (TPSA) is 85.7 Å². The van der Waals surface area contributed by atoms with E-state index in [1.54, 1.807) is 27.8 Å². The van der Waals surface area contributed by atoms with Crippen LogP contribution in [0.4, 0.5) is 5.82 Å². The first-order chi connectivity index (χ1) is 17.5. The van der Waals surface area contributed by atoms with Crippen molar-refractivity contribution in [2.24, 2.45) is 0 Å². The van der Waals surface area contributed by atoms with Gasteiger partial charge in [0, 0.05) is 29.7 Å². The van der Waals surface area contributed by atoms with Gasteiger partial charge in [0.2, 0.25) is 5.91 Å². The summed E-state index contributed by atoms with van der Waals surface area (Å²) in [7, 11) is 3.07. The van der Waals surface area contributed by atoms with Crippen molar-refractivity contribution in [3.05, 3.63) is 65.4 Å². The summed E-state index contributed by atoms with van der Waals surface area (Å²) < 4.78 is 12.4. The molecule has 0 aliphatic rings. The number of hydrogen-bond donors (Lipinski definition) is 1. The zero-order valence-corrected chi connectivity index (χ0v) is 22.9. The number of amides is 2. The number of ether oxygens (including phenoxy) is 2. The Labute approximate surface area is 219 Å². The molecule has 0 saturated heterocycles. The Balaban J connectivity index is 1.88. The zero-order valence-electron chi connectivity index (χ0n) is 22.9. The van der Waals surface area contributed by atoms with E-state index < -0.39 is 0 Å². The van der Waals surface area contributed by atoms with Crippen molar-refractivity contribution in [3.63, 3.8) is 0 Å². The number of hydrogen-bond acceptors (Lipinski definition) is 5. The summed E-state index contributed by atoms with van der Waals surface area (Å²) >= 11 is 0. The fourth-order valence-corrected chi connectivity index (χ4v) is 3.79. The molecule has 0 spiro atoms. The van der Waals surface area contributed by atoms with Gasteiger partial charge in [0.05, 0.1) is 25.6 Å². The predicted molar refractivity (Wildman–Crippen MR) is 146 cm³/mol. The van der Waals surface area contributed by atoms with Crippen molar-refractivity contribution < 1.29 is 19.1 Å². The maximum absolute atomic E-state index is 13.4. The number of carbonyl (C=O) groups excluding carboxylic acids is 2. The van der Waals surface area contributed by atoms with Crippen LogP contribution < -0.4 is 14.8 Å². The minimum Gasteiger partial charge on any atom is -0.497 e. The maximum atomic E-state index is 13.4. The van der Waals surface area contributed by atoms with E-state index in [9.17, 15) is 9.59 Å². The first-order valence-electron chi connectivity index (χ1n) is 12.6. The third-order valence-electron chi connectivity index (χ3n) is 6.03. The number of aryl methyl sites for hydroxylation is 1. The highest BCUT2D eigenvalue weighted by Crippen LogP contribution is 2.27. The lowest BCUT2D eigenvalue weighted by Gasteiger charge is -2.23. The van der Waals surface area contributed by atoms with Crippen LogP contribution in [0.3, 0.4) is 0 Å². The molecule has 2 amide bonds. The number of anilines is 1. The Hall–Kier alpha value is -3.81. The summed E-state index contributed by atoms with van der Waals surface area (Å²) in [6.45, 7) is 10.7. The van der Waals surface area contributed by atoms with Crippen LogP contribution in [0.5, 0.6) is 11.5 Å². The molecule has 1 N–H and O–H groups in total. The molecule has 8 heteroatoms. The van der Waals surface area contributed by atoms with Crippen LogP contribution >= 0.6 is 0 Å². The molecule has 0 saturated carbocycles. The molecule has 0 aliphatic carbocycles. The van der Waals surface area contributed by atoms with Gasteiger partial charge in [0.15, 0.2) is 0 Å². The van der Waals surface area contributed by atoms with Crippen LogP contribution in [0, 0.1) is 6.92 Å². The lowest BCUT2D eigenvalue weighted by Crippen LogP contribution is -2.39. The second-order valence-corrected chi connectivity index (χ2v) is 10.1. The largest absolute Gasteiger partial charge is 0.497 e. The summed E-state index contributed by atoms with van der Waals surface area (Å²) in [4.78, 5) is 28.3. The second kappa shape index (κ2) is 12.0. The van der Waals surface area contributed by atoms with E-state index in [-0.39, 0.29) is 23.8 Å². The average Bonchev–Trinajstić information content (AvgIpc) is 3.30. The molecule has 1 heterocycles. The highest BCUT2D eigenvalue weighted by Gasteiger charge is 2.24. The second-order valence-electron chi connectivity index (χ2n) is 10.1. The fraction of sp³-hybridized carbons (Fsp3) is 0.414. The molecule has 8 nitrogen and oxygen atoms in total. The number of nitrogens with one attached hydrogen (secondary N) is 1. The number of benzene rings is 2. The highest BCUT2D eigenvalue weighted by atomic mass is 16.5. The average molecular weight is 507 g/mol. The van der Waals surface area contributed by atoms with E-state index in [4.69, 9.17) is 14.6 Å². The van der Waals surface area contributed by atoms with Crippen molar-refractivity contribution in [1.29, 1.82) is 0 Å². The molecule has 0 atom stereocenters. The van der Waals surface area contributed by atoms with E-state index in [1.807, 2.05) is 44.2 Å². The molecule has 198 valence electrons. The molecule has 0 fully saturated rings. The van der Waals surface area contributed by atoms with Gasteiger partial charge in [-0.3, -0.25) is 9.59 Å². The van der Waals surface area contributed by atoms with Crippen LogP contribution in [-0.2, 0) is 10.2 Å². The molecule has 0 radical (unpaired) electrons. The zero-order chi connectivity index (χ0) is 27.2. The number of carbonyl (C=O) groups is 2. The number of unbranched alkanes of at least 4 members (excludes halogenated alkanes) is 1. The van der Waals surface area contributed by atoms with Crippen LogP contribution in [0.15, 0.2) is 48.5 Å². The number of methoxy groups -OCH3 is 2. The first-order valence-corrected chi connectivity index (χ1v) is 12.6. The molecule has 0 bridgehead atoms.